The molecule has 0 radical (unpaired) electrons. The molecule has 55 heavy (non-hydrogen) atoms. The van der Waals surface area contributed by atoms with Crippen LogP contribution in [0, 0.1) is 11.3 Å². The van der Waals surface area contributed by atoms with E-state index < -0.39 is 81.9 Å². The Kier molecular flexibility index (Phi) is 10.4. The van der Waals surface area contributed by atoms with Gasteiger partial charge < -0.3 is 25.1 Å². The molecule has 2 aliphatic heterocycles. The second-order valence-corrected chi connectivity index (χ2v) is 17.7. The third kappa shape index (κ3) is 7.64. The van der Waals surface area contributed by atoms with Crippen LogP contribution in [-0.4, -0.2) is 103 Å². The lowest BCUT2D eigenvalue weighted by Gasteiger charge is -2.35. The quantitative estimate of drug-likeness (QED) is 0.247. The van der Waals surface area contributed by atoms with E-state index in [0.717, 1.165) is 39.4 Å². The maximum Gasteiger partial charge on any atom is 0.408 e. The van der Waals surface area contributed by atoms with Crippen LogP contribution in [-0.2, 0) is 34.2 Å². The van der Waals surface area contributed by atoms with Gasteiger partial charge in [-0.25, -0.2) is 18.3 Å². The van der Waals surface area contributed by atoms with E-state index in [4.69, 9.17) is 9.57 Å². The zero-order chi connectivity index (χ0) is 39.3. The fourth-order valence-electron chi connectivity index (χ4n) is 7.87. The van der Waals surface area contributed by atoms with Crippen LogP contribution >= 0.6 is 0 Å². The molecule has 2 aromatic rings. The maximum atomic E-state index is 14.5. The number of nitrogens with one attached hydrogen (secondary N) is 3. The topological polar surface area (TPSA) is 176 Å². The van der Waals surface area contributed by atoms with Gasteiger partial charge in [-0.05, 0) is 55.1 Å². The number of likely N-dealkylation sites (tertiary alicyclic amines) is 1. The van der Waals surface area contributed by atoms with Crippen LogP contribution in [0.15, 0.2) is 53.7 Å². The Labute approximate surface area is 318 Å². The van der Waals surface area contributed by atoms with Crippen molar-refractivity contribution in [2.24, 2.45) is 16.5 Å². The zero-order valence-corrected chi connectivity index (χ0v) is 31.7. The van der Waals surface area contributed by atoms with Crippen LogP contribution in [0.4, 0.5) is 13.6 Å². The predicted molar refractivity (Wildman–Crippen MR) is 196 cm³/mol. The second-order valence-electron chi connectivity index (χ2n) is 16.1. The highest BCUT2D eigenvalue weighted by Crippen LogP contribution is 2.48. The zero-order valence-electron chi connectivity index (χ0n) is 30.9. The molecule has 2 saturated carbocycles. The van der Waals surface area contributed by atoms with Crippen molar-refractivity contribution in [2.45, 2.75) is 102 Å². The monoisotopic (exact) mass is 784 g/mol. The Morgan fingerprint density at radius 1 is 0.909 bits per heavy atom. The van der Waals surface area contributed by atoms with Gasteiger partial charge in [0.15, 0.2) is 0 Å². The number of carbonyl (C=O) groups excluding carboxylic acids is 4. The van der Waals surface area contributed by atoms with E-state index in [2.05, 4.69) is 15.8 Å². The summed E-state index contributed by atoms with van der Waals surface area (Å²) in [6, 6.07) is 12.8. The molecule has 5 aliphatic rings. The third-order valence-corrected chi connectivity index (χ3v) is 12.7. The van der Waals surface area contributed by atoms with Crippen LogP contribution in [0.1, 0.15) is 76.8 Å². The first-order chi connectivity index (χ1) is 26.1. The molecule has 0 bridgehead atoms. The molecule has 17 heteroatoms. The lowest BCUT2D eigenvalue weighted by Crippen LogP contribution is -2.61. The van der Waals surface area contributed by atoms with Gasteiger partial charge in [0.2, 0.25) is 18.2 Å². The average Bonchev–Trinajstić information content (AvgIpc) is 3.39. The molecule has 14 nitrogen and oxygen atoms in total. The fraction of sp³-hybridized carbons (Fsp3) is 0.553. The van der Waals surface area contributed by atoms with Crippen molar-refractivity contribution < 1.29 is 46.0 Å². The molecule has 2 saturated heterocycles. The Balaban J connectivity index is 1.16. The van der Waals surface area contributed by atoms with Crippen LogP contribution in [0.25, 0.3) is 11.1 Å². The molecule has 4 fully saturated rings. The van der Waals surface area contributed by atoms with Crippen LogP contribution in [0.2, 0.25) is 0 Å². The van der Waals surface area contributed by atoms with E-state index >= 15 is 0 Å². The molecule has 4 amide bonds. The molecule has 7 rings (SSSR count). The van der Waals surface area contributed by atoms with Gasteiger partial charge in [-0.15, -0.1) is 0 Å². The number of hydrogen-bond donors (Lipinski definition) is 3. The molecule has 2 heterocycles. The summed E-state index contributed by atoms with van der Waals surface area (Å²) in [4.78, 5) is 62.5. The van der Waals surface area contributed by atoms with E-state index in [9.17, 15) is 36.4 Å². The lowest BCUT2D eigenvalue weighted by atomic mass is 9.85. The van der Waals surface area contributed by atoms with Crippen molar-refractivity contribution in [1.29, 1.82) is 0 Å². The number of amides is 4. The van der Waals surface area contributed by atoms with Crippen molar-refractivity contribution in [2.75, 3.05) is 19.6 Å². The van der Waals surface area contributed by atoms with Gasteiger partial charge in [-0.3, -0.25) is 14.4 Å². The molecule has 2 aromatic carbocycles. The largest absolute Gasteiger partial charge is 0.446 e. The van der Waals surface area contributed by atoms with Crippen LogP contribution < -0.4 is 15.4 Å². The fourth-order valence-corrected chi connectivity index (χ4v) is 9.15. The smallest absolute Gasteiger partial charge is 0.408 e. The second kappa shape index (κ2) is 14.8. The van der Waals surface area contributed by atoms with Gasteiger partial charge in [-0.1, -0.05) is 74.5 Å². The first-order valence-corrected chi connectivity index (χ1v) is 20.2. The highest BCUT2D eigenvalue weighted by atomic mass is 32.2. The van der Waals surface area contributed by atoms with Crippen molar-refractivity contribution in [1.82, 2.24) is 24.6 Å². The van der Waals surface area contributed by atoms with E-state index in [0.29, 0.717) is 25.0 Å². The van der Waals surface area contributed by atoms with Crippen molar-refractivity contribution >= 4 is 39.7 Å². The summed E-state index contributed by atoms with van der Waals surface area (Å²) >= 11 is 0. The molecule has 0 spiro atoms. The number of benzene rings is 2. The maximum absolute atomic E-state index is 14.5. The van der Waals surface area contributed by atoms with Gasteiger partial charge in [0.1, 0.15) is 35.5 Å². The Morgan fingerprint density at radius 3 is 2.04 bits per heavy atom. The van der Waals surface area contributed by atoms with E-state index in [-0.39, 0.29) is 32.2 Å². The Bertz CT molecular complexity index is 1950. The number of carbonyl (C=O) groups is 4. The summed E-state index contributed by atoms with van der Waals surface area (Å²) in [5.41, 5.74) is 1.01. The number of halogens is 2. The van der Waals surface area contributed by atoms with Crippen LogP contribution in [0.3, 0.4) is 0 Å². The number of alkyl carbamates (subject to hydrolysis) is 1. The number of rotatable bonds is 11. The average molecular weight is 785 g/mol. The van der Waals surface area contributed by atoms with Crippen LogP contribution in [0.5, 0.6) is 0 Å². The summed E-state index contributed by atoms with van der Waals surface area (Å²) in [6.07, 6.45) is -1.81. The van der Waals surface area contributed by atoms with Gasteiger partial charge in [0, 0.05) is 30.6 Å². The first-order valence-electron chi connectivity index (χ1n) is 18.7. The summed E-state index contributed by atoms with van der Waals surface area (Å²) in [5, 5.41) is 9.64. The molecule has 3 N–H and O–H groups in total. The SMILES string of the molecule is CC(C)(C)[C@H](NC(=O)OC1CCCC1)C(=O)N1C[C@H](ON=C2c3ccccc3-c3ccccc32)C[C@H]1C(=O)N[C@@]1(C(=O)NS(=O)(=O)N2CCC2)C[C@H]1C(F)F. The number of fused-ring (bicyclic) bond motifs is 3. The molecular weight excluding hydrogens is 739 g/mol. The third-order valence-electron chi connectivity index (χ3n) is 11.2. The van der Waals surface area contributed by atoms with E-state index in [1.54, 1.807) is 20.8 Å². The summed E-state index contributed by atoms with van der Waals surface area (Å²) in [5.74, 6) is -4.56. The number of alkyl halides is 2. The van der Waals surface area contributed by atoms with Crippen molar-refractivity contribution in [3.63, 3.8) is 0 Å². The molecular formula is C38H46F2N6O8S. The van der Waals surface area contributed by atoms with Gasteiger partial charge in [0.25, 0.3) is 5.91 Å². The molecule has 0 unspecified atom stereocenters. The summed E-state index contributed by atoms with van der Waals surface area (Å²) < 4.78 is 62.3. The number of ether oxygens (including phenoxy) is 1. The highest BCUT2D eigenvalue weighted by Gasteiger charge is 2.66. The minimum absolute atomic E-state index is 0.149. The number of nitrogens with zero attached hydrogens (tertiary/aromatic N) is 3. The minimum atomic E-state index is -4.32. The predicted octanol–water partition coefficient (Wildman–Crippen LogP) is 3.70. The highest BCUT2D eigenvalue weighted by molar-refractivity contribution is 7.87. The first kappa shape index (κ1) is 38.6. The molecule has 3 aliphatic carbocycles. The Morgan fingerprint density at radius 2 is 1.51 bits per heavy atom. The minimum Gasteiger partial charge on any atom is -0.446 e. The lowest BCUT2D eigenvalue weighted by molar-refractivity contribution is -0.143. The molecule has 5 atom stereocenters. The summed E-state index contributed by atoms with van der Waals surface area (Å²) in [7, 11) is -4.32. The summed E-state index contributed by atoms with van der Waals surface area (Å²) in [6.45, 7) is 5.37. The standard InChI is InChI=1S/C38H46F2N6O8S/c1-37(2,3)31(41-36(50)53-22-11-4-5-12-22)34(48)46-21-23(54-43-30-26-15-8-6-13-24(26)25-14-7-9-16-27(25)30)19-29(46)33(47)42-38(20-28(38)32(39)40)35(49)44-55(51,52)45-17-10-18-45/h6-9,13-16,22-23,28-29,31-32H,4-5,10-12,17-21H2,1-3H3,(H,41,50)(H,42,47)(H,44,49)/t23-,28+,29+,31-,38+/m1/s1. The Hall–Kier alpha value is -4.64. The van der Waals surface area contributed by atoms with Gasteiger partial charge in [-0.2, -0.15) is 12.7 Å². The number of oxime groups is 1. The van der Waals surface area contributed by atoms with Crippen molar-refractivity contribution in [3.8, 4) is 11.1 Å². The molecule has 0 aromatic heterocycles. The van der Waals surface area contributed by atoms with E-state index in [1.165, 1.54) is 4.90 Å². The normalized spacial score (nSPS) is 25.4. The van der Waals surface area contributed by atoms with E-state index in [1.807, 2.05) is 53.3 Å². The van der Waals surface area contributed by atoms with Gasteiger partial charge >= 0.3 is 16.3 Å². The number of hydrogen-bond acceptors (Lipinski definition) is 9. The van der Waals surface area contributed by atoms with Gasteiger partial charge in [0.05, 0.1) is 12.5 Å². The van der Waals surface area contributed by atoms with Crippen molar-refractivity contribution in [3.05, 3.63) is 59.7 Å². The molecule has 296 valence electrons.